The van der Waals surface area contributed by atoms with Crippen LogP contribution in [-0.2, 0) is 34.3 Å². The molecule has 9 heterocycles. The van der Waals surface area contributed by atoms with Gasteiger partial charge in [-0.3, -0.25) is 14.4 Å². The van der Waals surface area contributed by atoms with Gasteiger partial charge in [0.15, 0.2) is 44.1 Å². The number of H-pyrrole nitrogens is 3. The third kappa shape index (κ3) is 19.5. The van der Waals surface area contributed by atoms with Crippen molar-refractivity contribution in [2.45, 2.75) is 63.9 Å². The minimum atomic E-state index is -0.433. The van der Waals surface area contributed by atoms with E-state index in [1.54, 1.807) is 0 Å². The van der Waals surface area contributed by atoms with E-state index in [2.05, 4.69) is 128 Å². The molecule has 4 N–H and O–H groups in total. The Morgan fingerprint density at radius 3 is 1.42 bits per heavy atom. The van der Waals surface area contributed by atoms with E-state index in [1.807, 2.05) is 162 Å². The van der Waals surface area contributed by atoms with E-state index < -0.39 is 11.1 Å². The predicted molar refractivity (Wildman–Crippen MR) is 410 cm³/mol. The van der Waals surface area contributed by atoms with Gasteiger partial charge in [0.1, 0.15) is 63.6 Å². The number of amidine groups is 2. The number of rotatable bonds is 19. The van der Waals surface area contributed by atoms with Crippen molar-refractivity contribution in [2.75, 3.05) is 6.67 Å². The van der Waals surface area contributed by atoms with E-state index in [0.29, 0.717) is 90.4 Å². The summed E-state index contributed by atoms with van der Waals surface area (Å²) in [6, 6.07) is 61.0. The summed E-state index contributed by atoms with van der Waals surface area (Å²) in [5.74, 6) is 4.20. The highest BCUT2D eigenvalue weighted by molar-refractivity contribution is 7.99. The summed E-state index contributed by atoms with van der Waals surface area (Å²) >= 11 is 16.3. The highest BCUT2D eigenvalue weighted by Gasteiger charge is 2.20. The van der Waals surface area contributed by atoms with Crippen LogP contribution in [0.4, 0.5) is 0 Å². The van der Waals surface area contributed by atoms with Crippen molar-refractivity contribution in [3.05, 3.63) is 295 Å². The highest BCUT2D eigenvalue weighted by Crippen LogP contribution is 2.33. The van der Waals surface area contributed by atoms with Crippen molar-refractivity contribution in [3.8, 4) is 67.2 Å². The normalized spacial score (nSPS) is 11.7. The Hall–Kier alpha value is -11.2. The number of thioether (sulfide) groups is 4. The van der Waals surface area contributed by atoms with Crippen molar-refractivity contribution < 1.29 is 4.84 Å². The van der Waals surface area contributed by atoms with Gasteiger partial charge in [-0.25, -0.2) is 35.4 Å². The first kappa shape index (κ1) is 73.1. The second-order valence-electron chi connectivity index (χ2n) is 21.7. The topological polar surface area (TPSA) is 329 Å². The summed E-state index contributed by atoms with van der Waals surface area (Å²) < 4.78 is 0. The minimum absolute atomic E-state index is 0.0272. The number of aromatic nitrogens is 8. The van der Waals surface area contributed by atoms with Crippen LogP contribution in [0.15, 0.2) is 248 Å². The minimum Gasteiger partial charge on any atom is -0.361 e. The van der Waals surface area contributed by atoms with Crippen LogP contribution in [0.25, 0.3) is 43.0 Å². The fourth-order valence-corrected chi connectivity index (χ4v) is 15.4. The van der Waals surface area contributed by atoms with Crippen molar-refractivity contribution >= 4 is 104 Å². The number of thiophene rings is 3. The Balaban J connectivity index is 0.000000138. The molecule has 0 aliphatic carbocycles. The lowest BCUT2D eigenvalue weighted by atomic mass is 10.1. The first-order valence-electron chi connectivity index (χ1n) is 31.0. The fourth-order valence-electron chi connectivity index (χ4n) is 9.76. The zero-order valence-electron chi connectivity index (χ0n) is 54.5. The molecule has 5 aromatic carbocycles. The molecular weight excluding hydrogens is 1450 g/mol. The lowest BCUT2D eigenvalue weighted by Crippen LogP contribution is -2.17. The number of nitrogens with one attached hydrogen (secondary N) is 4. The predicted octanol–water partition coefficient (Wildman–Crippen LogP) is 16.7. The molecule has 0 atom stereocenters. The van der Waals surface area contributed by atoms with Crippen LogP contribution in [0.2, 0.25) is 5.15 Å². The summed E-state index contributed by atoms with van der Waals surface area (Å²) in [5, 5.41) is 53.0. The molecule has 12 aromatic rings. The van der Waals surface area contributed by atoms with Crippen LogP contribution in [0.1, 0.15) is 73.7 Å². The van der Waals surface area contributed by atoms with Gasteiger partial charge in [-0.05, 0) is 94.2 Å². The van der Waals surface area contributed by atoms with Gasteiger partial charge in [-0.15, -0.1) is 39.1 Å². The Kier molecular flexibility index (Phi) is 25.5. The van der Waals surface area contributed by atoms with Gasteiger partial charge in [0.25, 0.3) is 16.7 Å². The number of hydrogen-bond donors (Lipinski definition) is 4. The van der Waals surface area contributed by atoms with Crippen LogP contribution in [0, 0.1) is 52.2 Å². The van der Waals surface area contributed by atoms with Crippen LogP contribution in [0.5, 0.6) is 0 Å². The molecule has 29 heteroatoms. The van der Waals surface area contributed by atoms with Crippen molar-refractivity contribution in [1.82, 2.24) is 45.4 Å². The summed E-state index contributed by atoms with van der Waals surface area (Å²) in [4.78, 5) is 83.0. The molecule has 0 bridgehead atoms. The molecule has 103 heavy (non-hydrogen) atoms. The van der Waals surface area contributed by atoms with Gasteiger partial charge >= 0.3 is 0 Å². The summed E-state index contributed by atoms with van der Waals surface area (Å²) in [7, 11) is 0. The zero-order valence-corrected chi connectivity index (χ0v) is 60.9. The quantitative estimate of drug-likeness (QED) is 0.0332. The first-order valence-corrected chi connectivity index (χ1v) is 38.0. The number of aliphatic imine (C=N–C) groups is 2. The SMILES string of the molecule is C=C1N=C(c2cccc(CSc3nc(-c4cccs4)c(C#N)c(=O)[nH]3)c2)NO1.CCc1cccc(CSc2nc(-c3cccs3)c(C#N)c(=O)[nH]2)c1.Cc1cccc(CSc2nc(Cl)c(C#N)c(-c3ccccc3)n2)c1.N#Cc1c(-c2cccs2)nc(SCc2cccc(C3=NCN=N3)c2)[nH]c1=O. The number of hydroxylamine groups is 1. The number of azo groups is 1. The van der Waals surface area contributed by atoms with Crippen LogP contribution >= 0.6 is 92.7 Å². The van der Waals surface area contributed by atoms with Crippen LogP contribution in [-0.4, -0.2) is 58.2 Å². The van der Waals surface area contributed by atoms with Gasteiger partial charge in [0, 0.05) is 39.7 Å². The van der Waals surface area contributed by atoms with Gasteiger partial charge in [-0.2, -0.15) is 31.2 Å². The number of aromatic amines is 3. The standard InChI is InChI=1S/C19H14ClN3S.C19H13N5O2S2.C18H12N6OS2.C18H15N3OS2/c1-13-6-5-7-14(10-13)12-24-19-22-17(15-8-3-2-4-9-15)16(11-21)18(20)23-19;1-11-21-17(24-26-11)13-5-2-4-12(8-13)10-28-19-22-16(15-6-3-7-27-15)14(9-20)18(25)23-19;19-8-13-15(14-5-2-6-26-14)22-18(23-17(13)25)27-9-11-3-1-4-12(7-11)16-20-10-21-24-16;1-2-12-5-3-6-13(9-12)11-24-18-20-16(15-7-4-8-23-15)14(10-19)17(22)21-18/h2-10H,12H2,1H3;2-8H,1,10H2,(H,21,24)(H,22,23,25);1-7H,9-10H2,(H,22,23,25);3-9H,2,11H2,1H3,(H,20,21,22). The lowest BCUT2D eigenvalue weighted by molar-refractivity contribution is 0.179. The molecule has 2 aliphatic rings. The first-order chi connectivity index (χ1) is 50.3. The van der Waals surface area contributed by atoms with Gasteiger partial charge < -0.3 is 19.8 Å². The highest BCUT2D eigenvalue weighted by atomic mass is 35.5. The molecule has 0 saturated heterocycles. The molecule has 21 nitrogen and oxygen atoms in total. The molecule has 0 spiro atoms. The van der Waals surface area contributed by atoms with Crippen molar-refractivity contribution in [3.63, 3.8) is 0 Å². The number of nitriles is 4. The van der Waals surface area contributed by atoms with Gasteiger partial charge in [0.2, 0.25) is 5.88 Å². The van der Waals surface area contributed by atoms with E-state index >= 15 is 0 Å². The average molecular weight is 1510 g/mol. The molecule has 0 radical (unpaired) electrons. The molecule has 7 aromatic heterocycles. The van der Waals surface area contributed by atoms with E-state index in [1.165, 1.54) is 103 Å². The smallest absolute Gasteiger partial charge is 0.270 e. The largest absolute Gasteiger partial charge is 0.361 e. The molecule has 14 rings (SSSR count). The van der Waals surface area contributed by atoms with Crippen molar-refractivity contribution in [1.29, 1.82) is 21.0 Å². The van der Waals surface area contributed by atoms with Crippen LogP contribution in [0.3, 0.4) is 0 Å². The molecule has 0 fully saturated rings. The second-order valence-corrected chi connectivity index (χ2v) is 28.7. The lowest BCUT2D eigenvalue weighted by Gasteiger charge is -2.08. The number of benzene rings is 5. The average Bonchev–Trinajstić information content (AvgIpc) is 1.78. The maximum absolute atomic E-state index is 12.3. The molecule has 0 amide bonds. The Morgan fingerprint density at radius 1 is 0.505 bits per heavy atom. The third-order valence-corrected chi connectivity index (χ3v) is 21.3. The zero-order chi connectivity index (χ0) is 72.0. The van der Waals surface area contributed by atoms with Gasteiger partial charge in [0.05, 0.1) is 20.3 Å². The van der Waals surface area contributed by atoms with E-state index in [4.69, 9.17) is 16.4 Å². The maximum Gasteiger partial charge on any atom is 0.270 e. The Morgan fingerprint density at radius 2 is 0.961 bits per heavy atom. The molecular formula is C74H54ClN17O4S7. The van der Waals surface area contributed by atoms with E-state index in [0.717, 1.165) is 54.6 Å². The summed E-state index contributed by atoms with van der Waals surface area (Å²) in [6.07, 6.45) is 0.993. The van der Waals surface area contributed by atoms with Crippen LogP contribution < -0.4 is 22.2 Å². The summed E-state index contributed by atoms with van der Waals surface area (Å²) in [5.41, 5.74) is 13.4. The Labute approximate surface area is 624 Å². The molecule has 2 aliphatic heterocycles. The van der Waals surface area contributed by atoms with Crippen molar-refractivity contribution in [2.24, 2.45) is 20.2 Å². The monoisotopic (exact) mass is 1500 g/mol. The number of nitrogens with zero attached hydrogens (tertiary/aromatic N) is 13. The number of aryl methyl sites for hydroxylation is 2. The van der Waals surface area contributed by atoms with E-state index in [-0.39, 0.29) is 27.4 Å². The molecule has 508 valence electrons. The molecule has 0 unspecified atom stereocenters. The summed E-state index contributed by atoms with van der Waals surface area (Å²) in [6.45, 7) is 8.20. The Bertz CT molecular complexity index is 5520. The third-order valence-electron chi connectivity index (χ3n) is 14.6. The number of hydrogen-bond acceptors (Lipinski definition) is 25. The van der Waals surface area contributed by atoms with Gasteiger partial charge in [-0.1, -0.05) is 205 Å². The fraction of sp³-hybridized carbons (Fsp3) is 0.108. The van der Waals surface area contributed by atoms with E-state index in [9.17, 15) is 35.4 Å². The molecule has 0 saturated carbocycles. The number of halogens is 1. The second kappa shape index (κ2) is 35.9. The maximum atomic E-state index is 12.3.